The van der Waals surface area contributed by atoms with Crippen LogP contribution in [0.25, 0.3) is 0 Å². The lowest BCUT2D eigenvalue weighted by atomic mass is 10.0. The maximum absolute atomic E-state index is 12.7. The molecule has 0 saturated heterocycles. The van der Waals surface area contributed by atoms with Crippen molar-refractivity contribution < 1.29 is 27.9 Å². The number of carbonyl (C=O) groups excluding carboxylic acids is 2. The van der Waals surface area contributed by atoms with E-state index in [1.54, 1.807) is 6.07 Å². The molecular weight excluding hydrogens is 375 g/mol. The van der Waals surface area contributed by atoms with E-state index in [1.807, 2.05) is 11.4 Å². The summed E-state index contributed by atoms with van der Waals surface area (Å²) < 4.78 is 38.2. The molecule has 0 fully saturated rings. The van der Waals surface area contributed by atoms with E-state index in [1.165, 1.54) is 23.5 Å². The molecule has 1 aliphatic rings. The summed E-state index contributed by atoms with van der Waals surface area (Å²) in [5.41, 5.74) is -1.68. The molecule has 0 saturated carbocycles. The Morgan fingerprint density at radius 2 is 1.96 bits per heavy atom. The summed E-state index contributed by atoms with van der Waals surface area (Å²) in [5, 5.41) is 13.2. The predicted molar refractivity (Wildman–Crippen MR) is 89.1 cm³/mol. The predicted octanol–water partition coefficient (Wildman–Crippen LogP) is 3.84. The minimum atomic E-state index is -5.10. The van der Waals surface area contributed by atoms with Crippen LogP contribution in [0.2, 0.25) is 0 Å². The van der Waals surface area contributed by atoms with E-state index in [-0.39, 0.29) is 10.8 Å². The van der Waals surface area contributed by atoms with Crippen molar-refractivity contribution in [3.8, 4) is 0 Å². The van der Waals surface area contributed by atoms with Crippen molar-refractivity contribution in [3.63, 3.8) is 0 Å². The standard InChI is InChI=1S/C16H12F3NO3S2/c1-15(23,16(17,18)19)14(22)20-10-3-2-8-6-9-4-5-24-12(9)13(21)25-11(8)7-10/h2-5,7,23H,6H2,1H3,(H,20,22). The number of nitrogens with one attached hydrogen (secondary N) is 1. The maximum atomic E-state index is 12.7. The summed E-state index contributed by atoms with van der Waals surface area (Å²) >= 11 is 2.31. The average Bonchev–Trinajstić information content (AvgIpc) is 2.92. The molecule has 0 radical (unpaired) electrons. The van der Waals surface area contributed by atoms with E-state index in [9.17, 15) is 27.9 Å². The molecule has 132 valence electrons. The number of carbonyl (C=O) groups is 2. The van der Waals surface area contributed by atoms with Gasteiger partial charge < -0.3 is 10.4 Å². The molecule has 4 nitrogen and oxygen atoms in total. The number of anilines is 1. The summed E-state index contributed by atoms with van der Waals surface area (Å²) in [6, 6.07) is 6.41. The van der Waals surface area contributed by atoms with E-state index < -0.39 is 17.7 Å². The monoisotopic (exact) mass is 387 g/mol. The van der Waals surface area contributed by atoms with E-state index in [0.29, 0.717) is 23.1 Å². The van der Waals surface area contributed by atoms with Crippen molar-refractivity contribution in [1.82, 2.24) is 0 Å². The lowest BCUT2D eigenvalue weighted by Crippen LogP contribution is -2.52. The zero-order chi connectivity index (χ0) is 18.4. The number of hydrogen-bond donors (Lipinski definition) is 2. The van der Waals surface area contributed by atoms with Gasteiger partial charge in [0.2, 0.25) is 10.7 Å². The van der Waals surface area contributed by atoms with Crippen molar-refractivity contribution in [1.29, 1.82) is 0 Å². The molecule has 0 bridgehead atoms. The third kappa shape index (κ3) is 3.31. The third-order valence-corrected chi connectivity index (χ3v) is 5.91. The summed E-state index contributed by atoms with van der Waals surface area (Å²) in [5.74, 6) is -1.58. The Hall–Kier alpha value is -1.84. The van der Waals surface area contributed by atoms with Gasteiger partial charge >= 0.3 is 6.18 Å². The first-order chi connectivity index (χ1) is 11.6. The fraction of sp³-hybridized carbons (Fsp3) is 0.250. The van der Waals surface area contributed by atoms with Crippen LogP contribution in [-0.4, -0.2) is 27.9 Å². The lowest BCUT2D eigenvalue weighted by Gasteiger charge is -2.25. The van der Waals surface area contributed by atoms with Crippen LogP contribution in [0.4, 0.5) is 18.9 Å². The zero-order valence-electron chi connectivity index (χ0n) is 12.8. The van der Waals surface area contributed by atoms with Gasteiger partial charge in [0.1, 0.15) is 0 Å². The van der Waals surface area contributed by atoms with Gasteiger partial charge in [0.25, 0.3) is 5.91 Å². The Bertz CT molecular complexity index is 859. The minimum absolute atomic E-state index is 0.0822. The average molecular weight is 387 g/mol. The van der Waals surface area contributed by atoms with Crippen LogP contribution in [0.1, 0.15) is 27.7 Å². The number of rotatable bonds is 2. The van der Waals surface area contributed by atoms with Crippen LogP contribution in [0, 0.1) is 0 Å². The summed E-state index contributed by atoms with van der Waals surface area (Å²) in [6.07, 6.45) is -4.57. The van der Waals surface area contributed by atoms with Crippen LogP contribution >= 0.6 is 23.1 Å². The normalized spacial score (nSPS) is 16.4. The Labute approximate surface area is 149 Å². The SMILES string of the molecule is CC(O)(C(=O)Nc1ccc2c(c1)SC(=O)c1sccc1C2)C(F)(F)F. The first kappa shape index (κ1) is 18.0. The molecule has 1 aliphatic heterocycles. The zero-order valence-corrected chi connectivity index (χ0v) is 14.4. The molecular formula is C16H12F3NO3S2. The lowest BCUT2D eigenvalue weighted by molar-refractivity contribution is -0.242. The molecule has 9 heteroatoms. The molecule has 1 unspecified atom stereocenters. The molecule has 2 N–H and O–H groups in total. The fourth-order valence-corrected chi connectivity index (χ4v) is 4.17. The molecule has 1 aromatic heterocycles. The second-order valence-electron chi connectivity index (χ2n) is 5.69. The highest BCUT2D eigenvalue weighted by Gasteiger charge is 2.55. The first-order valence-electron chi connectivity index (χ1n) is 7.11. The van der Waals surface area contributed by atoms with Gasteiger partial charge in [-0.25, -0.2) is 0 Å². The summed E-state index contributed by atoms with van der Waals surface area (Å²) in [7, 11) is 0. The molecule has 1 atom stereocenters. The van der Waals surface area contributed by atoms with Crippen molar-refractivity contribution in [2.75, 3.05) is 5.32 Å². The van der Waals surface area contributed by atoms with Gasteiger partial charge in [-0.05, 0) is 53.4 Å². The van der Waals surface area contributed by atoms with Crippen LogP contribution in [0.5, 0.6) is 0 Å². The smallest absolute Gasteiger partial charge is 0.373 e. The second-order valence-corrected chi connectivity index (χ2v) is 7.62. The Balaban J connectivity index is 1.86. The molecule has 1 aromatic carbocycles. The van der Waals surface area contributed by atoms with Gasteiger partial charge in [-0.3, -0.25) is 9.59 Å². The summed E-state index contributed by atoms with van der Waals surface area (Å²) in [6.45, 7) is 0.391. The molecule has 0 aliphatic carbocycles. The second kappa shape index (κ2) is 6.15. The highest BCUT2D eigenvalue weighted by molar-refractivity contribution is 8.14. The van der Waals surface area contributed by atoms with Gasteiger partial charge in [-0.2, -0.15) is 13.2 Å². The molecule has 3 rings (SSSR count). The number of amides is 1. The van der Waals surface area contributed by atoms with Crippen molar-refractivity contribution in [2.24, 2.45) is 0 Å². The fourth-order valence-electron chi connectivity index (χ4n) is 2.26. The first-order valence-corrected chi connectivity index (χ1v) is 8.81. The largest absolute Gasteiger partial charge is 0.426 e. The van der Waals surface area contributed by atoms with E-state index in [4.69, 9.17) is 0 Å². The van der Waals surface area contributed by atoms with Crippen molar-refractivity contribution >= 4 is 39.8 Å². The van der Waals surface area contributed by atoms with Crippen LogP contribution in [-0.2, 0) is 11.2 Å². The molecule has 0 spiro atoms. The Morgan fingerprint density at radius 1 is 1.24 bits per heavy atom. The minimum Gasteiger partial charge on any atom is -0.373 e. The topological polar surface area (TPSA) is 66.4 Å². The van der Waals surface area contributed by atoms with Crippen molar-refractivity contribution in [3.05, 3.63) is 45.6 Å². The van der Waals surface area contributed by atoms with E-state index >= 15 is 0 Å². The molecule has 2 aromatic rings. The van der Waals surface area contributed by atoms with Gasteiger partial charge in [0.15, 0.2) is 0 Å². The maximum Gasteiger partial charge on any atom is 0.426 e. The summed E-state index contributed by atoms with van der Waals surface area (Å²) in [4.78, 5) is 25.2. The van der Waals surface area contributed by atoms with Crippen LogP contribution in [0.15, 0.2) is 34.5 Å². The van der Waals surface area contributed by atoms with Crippen LogP contribution in [0.3, 0.4) is 0 Å². The third-order valence-electron chi connectivity index (χ3n) is 3.83. The number of thioether (sulfide) groups is 1. The van der Waals surface area contributed by atoms with Crippen molar-refractivity contribution in [2.45, 2.75) is 30.0 Å². The van der Waals surface area contributed by atoms with Gasteiger partial charge in [0.05, 0.1) is 4.88 Å². The van der Waals surface area contributed by atoms with Gasteiger partial charge in [-0.15, -0.1) is 11.3 Å². The quantitative estimate of drug-likeness (QED) is 0.822. The number of aliphatic hydroxyl groups is 1. The number of hydrogen-bond acceptors (Lipinski definition) is 5. The number of halogens is 3. The molecule has 2 heterocycles. The van der Waals surface area contributed by atoms with Crippen LogP contribution < -0.4 is 5.32 Å². The van der Waals surface area contributed by atoms with E-state index in [0.717, 1.165) is 22.9 Å². The van der Waals surface area contributed by atoms with Gasteiger partial charge in [0, 0.05) is 17.0 Å². The van der Waals surface area contributed by atoms with E-state index in [2.05, 4.69) is 5.32 Å². The number of benzene rings is 1. The Morgan fingerprint density at radius 3 is 2.64 bits per heavy atom. The number of alkyl halides is 3. The molecule has 1 amide bonds. The number of thiophene rings is 1. The Kier molecular flexibility index (Phi) is 4.42. The highest BCUT2D eigenvalue weighted by Crippen LogP contribution is 2.38. The van der Waals surface area contributed by atoms with Gasteiger partial charge in [-0.1, -0.05) is 6.07 Å². The molecule has 25 heavy (non-hydrogen) atoms. The highest BCUT2D eigenvalue weighted by atomic mass is 32.2. The number of fused-ring (bicyclic) bond motifs is 2.